The van der Waals surface area contributed by atoms with Gasteiger partial charge in [0.15, 0.2) is 0 Å². The van der Waals surface area contributed by atoms with Crippen LogP contribution in [0.1, 0.15) is 53.1 Å². The number of rotatable bonds is 7. The summed E-state index contributed by atoms with van der Waals surface area (Å²) < 4.78 is 12.8. The van der Waals surface area contributed by atoms with Crippen LogP contribution in [-0.4, -0.2) is 54.1 Å². The molecule has 0 fully saturated rings. The molecule has 5 N–H and O–H groups in total. The van der Waals surface area contributed by atoms with Gasteiger partial charge in [-0.1, -0.05) is 24.3 Å². The van der Waals surface area contributed by atoms with Crippen molar-refractivity contribution in [1.82, 2.24) is 18.3 Å². The Labute approximate surface area is 341 Å². The third kappa shape index (κ3) is 13.5. The average Bonchev–Trinajstić information content (AvgIpc) is 3.90. The van der Waals surface area contributed by atoms with Gasteiger partial charge in [-0.05, 0) is 105 Å². The van der Waals surface area contributed by atoms with E-state index in [2.05, 4.69) is 63.5 Å². The highest BCUT2D eigenvalue weighted by Crippen LogP contribution is 2.25. The van der Waals surface area contributed by atoms with Crippen LogP contribution in [0.4, 0.5) is 27.5 Å². The molecule has 0 saturated carbocycles. The topological polar surface area (TPSA) is 211 Å². The van der Waals surface area contributed by atoms with E-state index in [0.29, 0.717) is 28.5 Å². The third-order valence-electron chi connectivity index (χ3n) is 8.60. The Balaban J connectivity index is 0.000000285. The number of nitrogen functional groups attached to an aromatic ring is 1. The second-order valence-corrected chi connectivity index (χ2v) is 14.3. The lowest BCUT2D eigenvalue weighted by Crippen LogP contribution is -2.27. The highest BCUT2D eigenvalue weighted by Gasteiger charge is 2.19. The molecule has 16 heteroatoms. The van der Waals surface area contributed by atoms with Crippen LogP contribution in [0.15, 0.2) is 97.6 Å². The monoisotopic (exact) mass is 804 g/mol. The number of aryl methyl sites for hydroxylation is 6. The first-order valence-electron chi connectivity index (χ1n) is 17.9. The molecule has 2 aromatic carbocycles. The second-order valence-electron chi connectivity index (χ2n) is 14.3. The van der Waals surface area contributed by atoms with Gasteiger partial charge in [0.2, 0.25) is 0 Å². The summed E-state index contributed by atoms with van der Waals surface area (Å²) in [6.45, 7) is 9.51. The maximum atomic E-state index is 12.7. The third-order valence-corrected chi connectivity index (χ3v) is 8.60. The van der Waals surface area contributed by atoms with Gasteiger partial charge in [0, 0.05) is 75.7 Å². The summed E-state index contributed by atoms with van der Waals surface area (Å²) in [6.07, 6.45) is 7.49. The molecule has 0 bridgehead atoms. The van der Waals surface area contributed by atoms with Gasteiger partial charge in [0.05, 0.1) is 11.4 Å². The summed E-state index contributed by atoms with van der Waals surface area (Å²) >= 11 is 0. The van der Waals surface area contributed by atoms with Crippen LogP contribution in [0, 0.1) is 13.8 Å². The van der Waals surface area contributed by atoms with Crippen molar-refractivity contribution >= 4 is 53.0 Å². The molecule has 0 aliphatic heterocycles. The van der Waals surface area contributed by atoms with E-state index in [1.54, 1.807) is 68.5 Å². The lowest BCUT2D eigenvalue weighted by atomic mass is 10.1. The zero-order chi connectivity index (χ0) is 44.0. The largest absolute Gasteiger partial charge is 0.444 e. The maximum Gasteiger partial charge on any atom is 0.412 e. The number of carbonyl (C=O) groups is 3. The van der Waals surface area contributed by atoms with E-state index in [1.807, 2.05) is 62.6 Å². The van der Waals surface area contributed by atoms with Gasteiger partial charge in [-0.3, -0.25) is 14.9 Å². The van der Waals surface area contributed by atoms with Crippen molar-refractivity contribution in [2.45, 2.75) is 40.2 Å². The fourth-order valence-electron chi connectivity index (χ4n) is 5.64. The Hall–Kier alpha value is -7.67. The Kier molecular flexibility index (Phi) is 15.9. The molecular formula is C43H48N8O8. The number of hydrogen-bond acceptors (Lipinski definition) is 9. The molecule has 0 radical (unpaired) electrons. The highest BCUT2D eigenvalue weighted by atomic mass is 16.6. The van der Waals surface area contributed by atoms with E-state index < -0.39 is 11.7 Å². The van der Waals surface area contributed by atoms with Gasteiger partial charge in [-0.15, -0.1) is 0 Å². The Morgan fingerprint density at radius 3 is 1.27 bits per heavy atom. The first-order chi connectivity index (χ1) is 27.8. The number of anilines is 4. The van der Waals surface area contributed by atoms with Crippen LogP contribution in [0.3, 0.4) is 0 Å². The number of benzene rings is 2. The standard InChI is InChI=1S/C23H28N4O3.C18H20N4O.2CO2/c1-15-11-17(13-26(15)5)16-7-9-18(10-8-16)24-21(28)20-12-19(14-27(20)6)25-22(29)30-23(2,3)4;1-12-8-14(10-21(12)2)13-4-6-16(7-5-13)20-18(23)17-9-15(19)11-22(17)3;2*2-1-3/h7-14H,1-6H3,(H,24,28)(H,25,29);4-11H,19H2,1-3H3,(H,20,23);;. The number of nitrogens with two attached hydrogens (primary N) is 1. The summed E-state index contributed by atoms with van der Waals surface area (Å²) in [6, 6.07) is 23.1. The maximum absolute atomic E-state index is 12.7. The molecule has 4 heterocycles. The van der Waals surface area contributed by atoms with Crippen molar-refractivity contribution in [2.24, 2.45) is 28.2 Å². The second kappa shape index (κ2) is 20.5. The quantitative estimate of drug-likeness (QED) is 0.131. The molecule has 0 aliphatic rings. The summed E-state index contributed by atoms with van der Waals surface area (Å²) in [5.74, 6) is -0.439. The first-order valence-corrected chi connectivity index (χ1v) is 17.9. The predicted molar refractivity (Wildman–Crippen MR) is 222 cm³/mol. The number of carbonyl (C=O) groups excluding carboxylic acids is 7. The normalized spacial score (nSPS) is 10.2. The van der Waals surface area contributed by atoms with E-state index in [-0.39, 0.29) is 24.1 Å². The molecule has 6 aromatic rings. The van der Waals surface area contributed by atoms with Crippen LogP contribution in [-0.2, 0) is 52.1 Å². The Morgan fingerprint density at radius 1 is 0.542 bits per heavy atom. The van der Waals surface area contributed by atoms with Gasteiger partial charge in [0.1, 0.15) is 17.0 Å². The first kappa shape index (κ1) is 45.7. The minimum absolute atomic E-state index is 0.174. The minimum atomic E-state index is -0.594. The van der Waals surface area contributed by atoms with E-state index in [1.165, 1.54) is 11.4 Å². The Bertz CT molecular complexity index is 2400. The van der Waals surface area contributed by atoms with E-state index >= 15 is 0 Å². The molecule has 16 nitrogen and oxygen atoms in total. The lowest BCUT2D eigenvalue weighted by molar-refractivity contribution is -0.193. The van der Waals surface area contributed by atoms with Gasteiger partial charge in [-0.25, -0.2) is 4.79 Å². The van der Waals surface area contributed by atoms with Crippen molar-refractivity contribution in [1.29, 1.82) is 0 Å². The van der Waals surface area contributed by atoms with Gasteiger partial charge >= 0.3 is 18.4 Å². The number of aromatic nitrogens is 4. The molecule has 4 aromatic heterocycles. The molecule has 3 amide bonds. The molecule has 6 rings (SSSR count). The lowest BCUT2D eigenvalue weighted by Gasteiger charge is -2.19. The fourth-order valence-corrected chi connectivity index (χ4v) is 5.64. The van der Waals surface area contributed by atoms with Gasteiger partial charge < -0.3 is 39.4 Å². The predicted octanol–water partition coefficient (Wildman–Crippen LogP) is 6.94. The molecule has 59 heavy (non-hydrogen) atoms. The molecule has 308 valence electrons. The average molecular weight is 805 g/mol. The van der Waals surface area contributed by atoms with Crippen molar-refractivity contribution in [3.63, 3.8) is 0 Å². The smallest absolute Gasteiger partial charge is 0.412 e. The van der Waals surface area contributed by atoms with Crippen LogP contribution < -0.4 is 21.7 Å². The minimum Gasteiger partial charge on any atom is -0.444 e. The zero-order valence-corrected chi connectivity index (χ0v) is 34.4. The Morgan fingerprint density at radius 2 is 0.932 bits per heavy atom. The molecule has 0 saturated heterocycles. The summed E-state index contributed by atoms with van der Waals surface area (Å²) in [5.41, 5.74) is 15.5. The number of hydrogen-bond donors (Lipinski definition) is 4. The van der Waals surface area contributed by atoms with Crippen LogP contribution in [0.5, 0.6) is 0 Å². The summed E-state index contributed by atoms with van der Waals surface area (Å²) in [7, 11) is 7.58. The van der Waals surface area contributed by atoms with Crippen LogP contribution in [0.25, 0.3) is 22.3 Å². The number of nitrogens with one attached hydrogen (secondary N) is 3. The highest BCUT2D eigenvalue weighted by molar-refractivity contribution is 6.05. The molecule has 0 aliphatic carbocycles. The van der Waals surface area contributed by atoms with E-state index in [4.69, 9.17) is 29.6 Å². The number of amides is 3. The summed E-state index contributed by atoms with van der Waals surface area (Å²) in [4.78, 5) is 69.4. The number of ether oxygens (including phenoxy) is 1. The van der Waals surface area contributed by atoms with Crippen LogP contribution in [0.2, 0.25) is 0 Å². The summed E-state index contributed by atoms with van der Waals surface area (Å²) in [5, 5.41) is 8.42. The van der Waals surface area contributed by atoms with Gasteiger partial charge in [-0.2, -0.15) is 19.2 Å². The van der Waals surface area contributed by atoms with Crippen LogP contribution >= 0.6 is 0 Å². The van der Waals surface area contributed by atoms with Crippen molar-refractivity contribution in [3.8, 4) is 22.3 Å². The fraction of sp³-hybridized carbons (Fsp3) is 0.233. The van der Waals surface area contributed by atoms with Crippen molar-refractivity contribution < 1.29 is 38.3 Å². The van der Waals surface area contributed by atoms with E-state index in [9.17, 15) is 14.4 Å². The van der Waals surface area contributed by atoms with E-state index in [0.717, 1.165) is 27.9 Å². The molecule has 0 atom stereocenters. The van der Waals surface area contributed by atoms with Crippen molar-refractivity contribution in [3.05, 3.63) is 120 Å². The van der Waals surface area contributed by atoms with Crippen molar-refractivity contribution in [2.75, 3.05) is 21.7 Å². The van der Waals surface area contributed by atoms with Gasteiger partial charge in [0.25, 0.3) is 11.8 Å². The molecule has 0 spiro atoms. The SMILES string of the molecule is Cc1cc(-c2ccc(NC(=O)c3cc(N)cn3C)cc2)cn1C.Cc1cc(-c2ccc(NC(=O)c3cc(NC(=O)OC(C)(C)C)cn3C)cc2)cn1C.O=C=O.O=C=O. The number of nitrogens with zero attached hydrogens (tertiary/aromatic N) is 4. The molecule has 0 unspecified atom stereocenters. The zero-order valence-electron chi connectivity index (χ0n) is 34.4. The molecular weight excluding hydrogens is 757 g/mol.